The van der Waals surface area contributed by atoms with Gasteiger partial charge in [0.2, 0.25) is 0 Å². The summed E-state index contributed by atoms with van der Waals surface area (Å²) in [5.41, 5.74) is 2.21. The van der Waals surface area contributed by atoms with E-state index in [1.165, 1.54) is 0 Å². The lowest BCUT2D eigenvalue weighted by Crippen LogP contribution is -1.88. The Morgan fingerprint density at radius 2 is 1.57 bits per heavy atom. The number of rotatable bonds is 2. The lowest BCUT2D eigenvalue weighted by molar-refractivity contribution is 0.480. The number of phenolic OH excluding ortho intramolecular Hbond substituents is 1. The normalized spacial score (nSPS) is 11.5. The van der Waals surface area contributed by atoms with Gasteiger partial charge in [-0.05, 0) is 23.6 Å². The molecule has 1 N–H and O–H groups in total. The molecule has 0 bridgehead atoms. The van der Waals surface area contributed by atoms with E-state index in [4.69, 9.17) is 0 Å². The Bertz CT molecular complexity index is 1030. The summed E-state index contributed by atoms with van der Waals surface area (Å²) in [6.07, 6.45) is 1.73. The highest BCUT2D eigenvalue weighted by atomic mass is 16.3. The average molecular weight is 298 g/mol. The summed E-state index contributed by atoms with van der Waals surface area (Å²) in [5.74, 6) is 0.183. The molecule has 3 heteroatoms. The summed E-state index contributed by atoms with van der Waals surface area (Å²) < 4.78 is 0. The van der Waals surface area contributed by atoms with Gasteiger partial charge in [-0.3, -0.25) is 4.99 Å². The highest BCUT2D eigenvalue weighted by molar-refractivity contribution is 5.95. The highest BCUT2D eigenvalue weighted by Gasteiger charge is 2.02. The van der Waals surface area contributed by atoms with E-state index in [0.717, 1.165) is 21.8 Å². The van der Waals surface area contributed by atoms with Crippen LogP contribution in [0, 0.1) is 0 Å². The molecular formula is C20H14N2O. The van der Waals surface area contributed by atoms with Crippen molar-refractivity contribution < 1.29 is 5.11 Å². The molecule has 0 saturated heterocycles. The third kappa shape index (κ3) is 2.53. The quantitative estimate of drug-likeness (QED) is 0.538. The summed E-state index contributed by atoms with van der Waals surface area (Å²) >= 11 is 0. The number of fused-ring (bicyclic) bond motifs is 2. The first-order chi connectivity index (χ1) is 11.3. The van der Waals surface area contributed by atoms with Crippen LogP contribution in [0.2, 0.25) is 0 Å². The fourth-order valence-corrected chi connectivity index (χ4v) is 2.67. The molecule has 1 aromatic heterocycles. The van der Waals surface area contributed by atoms with E-state index in [0.29, 0.717) is 11.2 Å². The van der Waals surface area contributed by atoms with Gasteiger partial charge in [-0.25, -0.2) is 4.98 Å². The molecule has 0 unspecified atom stereocenters. The number of phenols is 1. The van der Waals surface area contributed by atoms with Crippen LogP contribution in [0.5, 0.6) is 5.75 Å². The van der Waals surface area contributed by atoms with Crippen LogP contribution in [0.15, 0.2) is 77.8 Å². The zero-order valence-corrected chi connectivity index (χ0v) is 12.3. The van der Waals surface area contributed by atoms with E-state index in [2.05, 4.69) is 28.2 Å². The molecule has 4 aromatic rings. The van der Waals surface area contributed by atoms with Gasteiger partial charge in [-0.15, -0.1) is 0 Å². The van der Waals surface area contributed by atoms with E-state index >= 15 is 0 Å². The maximum Gasteiger partial charge on any atom is 0.141 e. The second kappa shape index (κ2) is 5.54. The Kier molecular flexibility index (Phi) is 3.24. The predicted octanol–water partition coefficient (Wildman–Crippen LogP) is 4.84. The van der Waals surface area contributed by atoms with Gasteiger partial charge < -0.3 is 5.11 Å². The van der Waals surface area contributed by atoms with E-state index in [9.17, 15) is 5.11 Å². The Hall–Kier alpha value is -3.20. The third-order valence-electron chi connectivity index (χ3n) is 3.82. The minimum absolute atomic E-state index is 0.183. The standard InChI is InChI=1S/C20H14N2O/c23-19-10-4-7-15-11-12-16(22-20(15)19)13-21-18-9-3-6-14-5-1-2-8-17(14)18/h1-13,23H/b21-13+. The van der Waals surface area contributed by atoms with Crippen molar-refractivity contribution in [3.8, 4) is 5.75 Å². The topological polar surface area (TPSA) is 45.5 Å². The van der Waals surface area contributed by atoms with Crippen molar-refractivity contribution in [1.82, 2.24) is 4.98 Å². The van der Waals surface area contributed by atoms with Gasteiger partial charge in [0.05, 0.1) is 17.6 Å². The van der Waals surface area contributed by atoms with Gasteiger partial charge in [0.25, 0.3) is 0 Å². The maximum absolute atomic E-state index is 9.92. The number of aromatic hydroxyl groups is 1. The second-order valence-corrected chi connectivity index (χ2v) is 5.34. The highest BCUT2D eigenvalue weighted by Crippen LogP contribution is 2.26. The Morgan fingerprint density at radius 3 is 2.52 bits per heavy atom. The van der Waals surface area contributed by atoms with Crippen molar-refractivity contribution in [1.29, 1.82) is 0 Å². The van der Waals surface area contributed by atoms with E-state index in [1.54, 1.807) is 12.3 Å². The molecule has 3 aromatic carbocycles. The molecule has 0 fully saturated rings. The van der Waals surface area contributed by atoms with E-state index in [-0.39, 0.29) is 5.75 Å². The minimum atomic E-state index is 0.183. The molecule has 0 spiro atoms. The molecule has 0 atom stereocenters. The number of aliphatic imine (C=N–C) groups is 1. The smallest absolute Gasteiger partial charge is 0.141 e. The first kappa shape index (κ1) is 13.5. The van der Waals surface area contributed by atoms with Crippen LogP contribution < -0.4 is 0 Å². The van der Waals surface area contributed by atoms with Crippen LogP contribution in [-0.4, -0.2) is 16.3 Å². The number of aromatic nitrogens is 1. The summed E-state index contributed by atoms with van der Waals surface area (Å²) in [7, 11) is 0. The SMILES string of the molecule is Oc1cccc2ccc(/C=N/c3cccc4ccccc34)nc12. The average Bonchev–Trinajstić information content (AvgIpc) is 2.60. The van der Waals surface area contributed by atoms with Crippen molar-refractivity contribution >= 4 is 33.6 Å². The van der Waals surface area contributed by atoms with Crippen LogP contribution in [0.4, 0.5) is 5.69 Å². The predicted molar refractivity (Wildman–Crippen MR) is 94.6 cm³/mol. The van der Waals surface area contributed by atoms with Gasteiger partial charge in [0.1, 0.15) is 11.3 Å². The number of benzene rings is 3. The number of hydrogen-bond donors (Lipinski definition) is 1. The molecule has 0 aliphatic carbocycles. The summed E-state index contributed by atoms with van der Waals surface area (Å²) in [6.45, 7) is 0. The van der Waals surface area contributed by atoms with Gasteiger partial charge >= 0.3 is 0 Å². The molecule has 0 amide bonds. The fourth-order valence-electron chi connectivity index (χ4n) is 2.67. The summed E-state index contributed by atoms with van der Waals surface area (Å²) in [5, 5.41) is 13.1. The molecule has 4 rings (SSSR count). The van der Waals surface area contributed by atoms with Crippen LogP contribution >= 0.6 is 0 Å². The number of pyridine rings is 1. The van der Waals surface area contributed by atoms with E-state index in [1.807, 2.05) is 48.5 Å². The molecule has 0 saturated carbocycles. The van der Waals surface area contributed by atoms with Gasteiger partial charge in [-0.2, -0.15) is 0 Å². The van der Waals surface area contributed by atoms with Crippen molar-refractivity contribution in [2.45, 2.75) is 0 Å². The summed E-state index contributed by atoms with van der Waals surface area (Å²) in [4.78, 5) is 9.04. The first-order valence-electron chi connectivity index (χ1n) is 7.42. The van der Waals surface area contributed by atoms with Crippen molar-refractivity contribution in [2.75, 3.05) is 0 Å². The van der Waals surface area contributed by atoms with Crippen LogP contribution in [-0.2, 0) is 0 Å². The molecule has 1 heterocycles. The van der Waals surface area contributed by atoms with Crippen molar-refractivity contribution in [3.63, 3.8) is 0 Å². The zero-order valence-electron chi connectivity index (χ0n) is 12.3. The zero-order chi connectivity index (χ0) is 15.6. The monoisotopic (exact) mass is 298 g/mol. The second-order valence-electron chi connectivity index (χ2n) is 5.34. The van der Waals surface area contributed by atoms with E-state index < -0.39 is 0 Å². The number of hydrogen-bond acceptors (Lipinski definition) is 3. The number of nitrogens with zero attached hydrogens (tertiary/aromatic N) is 2. The Balaban J connectivity index is 1.77. The van der Waals surface area contributed by atoms with Gasteiger partial charge in [-0.1, -0.05) is 54.6 Å². The lowest BCUT2D eigenvalue weighted by Gasteiger charge is -2.02. The Morgan fingerprint density at radius 1 is 0.783 bits per heavy atom. The molecule has 0 aliphatic heterocycles. The summed E-state index contributed by atoms with van der Waals surface area (Å²) in [6, 6.07) is 23.4. The molecule has 3 nitrogen and oxygen atoms in total. The van der Waals surface area contributed by atoms with Crippen molar-refractivity contribution in [2.24, 2.45) is 4.99 Å². The largest absolute Gasteiger partial charge is 0.506 e. The molecule has 110 valence electrons. The number of para-hydroxylation sites is 1. The third-order valence-corrected chi connectivity index (χ3v) is 3.82. The lowest BCUT2D eigenvalue weighted by atomic mass is 10.1. The van der Waals surface area contributed by atoms with Gasteiger partial charge in [0, 0.05) is 10.8 Å². The molecule has 23 heavy (non-hydrogen) atoms. The van der Waals surface area contributed by atoms with Crippen molar-refractivity contribution in [3.05, 3.63) is 78.5 Å². The van der Waals surface area contributed by atoms with Crippen LogP contribution in [0.1, 0.15) is 5.69 Å². The van der Waals surface area contributed by atoms with Crippen LogP contribution in [0.25, 0.3) is 21.7 Å². The molecule has 0 radical (unpaired) electrons. The molecular weight excluding hydrogens is 284 g/mol. The van der Waals surface area contributed by atoms with Crippen LogP contribution in [0.3, 0.4) is 0 Å². The fraction of sp³-hybridized carbons (Fsp3) is 0. The molecule has 0 aliphatic rings. The minimum Gasteiger partial charge on any atom is -0.506 e. The van der Waals surface area contributed by atoms with Gasteiger partial charge in [0.15, 0.2) is 0 Å². The first-order valence-corrected chi connectivity index (χ1v) is 7.42. The maximum atomic E-state index is 9.92. The Labute approximate surface area is 133 Å².